The fraction of sp³-hybridized carbons (Fsp3) is 0. The van der Waals surface area contributed by atoms with Gasteiger partial charge in [-0.05, 0) is 80.9 Å². The minimum atomic E-state index is -4.05. The van der Waals surface area contributed by atoms with Gasteiger partial charge in [0, 0.05) is 43.9 Å². The van der Waals surface area contributed by atoms with Gasteiger partial charge in [0.1, 0.15) is 0 Å². The van der Waals surface area contributed by atoms with E-state index >= 15 is 8.42 Å². The molecule has 4 nitrogen and oxygen atoms in total. The first-order chi connectivity index (χ1) is 26.6. The highest BCUT2D eigenvalue weighted by molar-refractivity contribution is 7.92. The minimum absolute atomic E-state index is 0.340. The van der Waals surface area contributed by atoms with Crippen LogP contribution in [0.4, 0.5) is 34.1 Å². The highest BCUT2D eigenvalue weighted by atomic mass is 32.2. The summed E-state index contributed by atoms with van der Waals surface area (Å²) in [4.78, 5) is 4.93. The van der Waals surface area contributed by atoms with E-state index in [1.165, 1.54) is 0 Å². The second-order valence-corrected chi connectivity index (χ2v) is 19.0. The molecule has 0 saturated heterocycles. The quantitative estimate of drug-likeness (QED) is 0.146. The Balaban J connectivity index is 1.36. The first-order valence-electron chi connectivity index (χ1n) is 18.0. The highest BCUT2D eigenvalue weighted by Crippen LogP contribution is 2.40. The van der Waals surface area contributed by atoms with E-state index in [-0.39, 0.29) is 0 Å². The Bertz CT molecular complexity index is 2400. The molecule has 0 spiro atoms. The lowest BCUT2D eigenvalue weighted by Gasteiger charge is -2.51. The van der Waals surface area contributed by atoms with E-state index in [9.17, 15) is 0 Å². The molecule has 0 aromatic heterocycles. The van der Waals surface area contributed by atoms with Crippen molar-refractivity contribution in [1.29, 1.82) is 0 Å². The number of para-hydroxylation sites is 4. The normalized spacial score (nSPS) is 13.6. The van der Waals surface area contributed by atoms with Gasteiger partial charge in [0.25, 0.3) is 0 Å². The molecule has 54 heavy (non-hydrogen) atoms. The van der Waals surface area contributed by atoms with E-state index in [4.69, 9.17) is 0 Å². The van der Waals surface area contributed by atoms with Crippen LogP contribution in [-0.2, 0) is 9.84 Å². The van der Waals surface area contributed by atoms with Crippen LogP contribution in [0.2, 0.25) is 0 Å². The number of fused-ring (bicyclic) bond motifs is 2. The first kappa shape index (κ1) is 33.4. The van der Waals surface area contributed by atoms with Crippen LogP contribution in [-0.4, -0.2) is 16.5 Å². The molecule has 0 unspecified atom stereocenters. The zero-order valence-electron chi connectivity index (χ0n) is 29.4. The SMILES string of the molecule is O=S1(=O)c2cc(N(c3ccccc3)c3ccccc3)ccc2[Si-](c2ccccc2)(c2ccccc2)c2ccc(N(c3ccccc3)c3ccccc3)cc21. The molecule has 0 fully saturated rings. The van der Waals surface area contributed by atoms with Crippen LogP contribution < -0.4 is 30.5 Å². The number of hydrogen-bond donors (Lipinski definition) is 0. The molecule has 9 rings (SSSR count). The largest absolute Gasteiger partial charge is 0.310 e. The zero-order chi connectivity index (χ0) is 36.5. The summed E-state index contributed by atoms with van der Waals surface area (Å²) in [5, 5.41) is 3.96. The van der Waals surface area contributed by atoms with E-state index < -0.39 is 17.9 Å². The van der Waals surface area contributed by atoms with Crippen molar-refractivity contribution in [3.8, 4) is 0 Å². The van der Waals surface area contributed by atoms with Crippen molar-refractivity contribution >= 4 is 72.8 Å². The Morgan fingerprint density at radius 2 is 0.593 bits per heavy atom. The maximum Gasteiger partial charge on any atom is 0.201 e. The Labute approximate surface area is 317 Å². The van der Waals surface area contributed by atoms with Crippen LogP contribution in [0.5, 0.6) is 0 Å². The van der Waals surface area contributed by atoms with Gasteiger partial charge in [-0.15, -0.1) is 0 Å². The number of anilines is 6. The van der Waals surface area contributed by atoms with E-state index in [2.05, 4.69) is 131 Å². The predicted molar refractivity (Wildman–Crippen MR) is 225 cm³/mol. The monoisotopic (exact) mass is 732 g/mol. The van der Waals surface area contributed by atoms with Gasteiger partial charge in [-0.1, -0.05) is 146 Å². The van der Waals surface area contributed by atoms with Crippen LogP contribution in [0, 0.1) is 0 Å². The predicted octanol–water partition coefficient (Wildman–Crippen LogP) is 9.15. The van der Waals surface area contributed by atoms with Gasteiger partial charge in [0.05, 0.1) is 0 Å². The van der Waals surface area contributed by atoms with E-state index in [1.54, 1.807) is 0 Å². The molecule has 1 aliphatic rings. The molecule has 8 aromatic rings. The average Bonchev–Trinajstić information content (AvgIpc) is 3.24. The molecule has 0 aliphatic carbocycles. The standard InChI is InChI=1S/C48H36N2O2SSi/c51-53(52)45-35-41(49(37-19-7-1-8-20-37)38-21-9-2-10-22-38)31-33-47(45)54(43-27-15-5-16-28-43,44-29-17-6-18-30-44)48-34-32-42(36-46(48)53)50(39-23-11-3-12-24-39)40-25-13-4-14-26-40/h1-36H/q-1. The fourth-order valence-corrected chi connectivity index (χ4v) is 16.0. The van der Waals surface area contributed by atoms with Crippen LogP contribution in [0.15, 0.2) is 228 Å². The Kier molecular flexibility index (Phi) is 8.54. The summed E-state index contributed by atoms with van der Waals surface area (Å²) in [6, 6.07) is 73.6. The fourth-order valence-electron chi connectivity index (χ4n) is 8.00. The maximum atomic E-state index is 15.5. The lowest BCUT2D eigenvalue weighted by Crippen LogP contribution is -2.77. The Hall–Kier alpha value is -6.47. The lowest BCUT2D eigenvalue weighted by atomic mass is 10.2. The molecule has 0 radical (unpaired) electrons. The summed E-state index contributed by atoms with van der Waals surface area (Å²) in [6.45, 7) is 0. The van der Waals surface area contributed by atoms with Gasteiger partial charge in [0.15, 0.2) is 0 Å². The van der Waals surface area contributed by atoms with Crippen molar-refractivity contribution < 1.29 is 8.42 Å². The van der Waals surface area contributed by atoms with Gasteiger partial charge in [-0.3, -0.25) is 0 Å². The molecule has 0 bridgehead atoms. The van der Waals surface area contributed by atoms with Gasteiger partial charge in [-0.25, -0.2) is 8.42 Å². The third kappa shape index (κ3) is 5.55. The lowest BCUT2D eigenvalue weighted by molar-refractivity contribution is 0.597. The smallest absolute Gasteiger partial charge is 0.201 e. The highest BCUT2D eigenvalue weighted by Gasteiger charge is 2.41. The summed E-state index contributed by atoms with van der Waals surface area (Å²) >= 11 is 0. The second kappa shape index (κ2) is 13.8. The summed E-state index contributed by atoms with van der Waals surface area (Å²) in [7, 11) is -7.26. The molecule has 0 amide bonds. The number of rotatable bonds is 8. The number of sulfone groups is 1. The minimum Gasteiger partial charge on any atom is -0.310 e. The number of hydrogen-bond acceptors (Lipinski definition) is 4. The maximum absolute atomic E-state index is 15.5. The van der Waals surface area contributed by atoms with Gasteiger partial charge < -0.3 is 9.80 Å². The number of benzene rings is 8. The van der Waals surface area contributed by atoms with Crippen LogP contribution in [0.1, 0.15) is 0 Å². The van der Waals surface area contributed by atoms with Crippen LogP contribution in [0.25, 0.3) is 0 Å². The summed E-state index contributed by atoms with van der Waals surface area (Å²) in [5.41, 5.74) is 5.30. The summed E-state index contributed by atoms with van der Waals surface area (Å²) in [6.07, 6.45) is 0. The van der Waals surface area contributed by atoms with Crippen LogP contribution in [0.3, 0.4) is 0 Å². The van der Waals surface area contributed by atoms with Gasteiger partial charge in [0.2, 0.25) is 9.84 Å². The van der Waals surface area contributed by atoms with Crippen molar-refractivity contribution in [3.63, 3.8) is 0 Å². The molecule has 1 heterocycles. The molecule has 0 N–H and O–H groups in total. The van der Waals surface area contributed by atoms with Crippen LogP contribution >= 0.6 is 0 Å². The Morgan fingerprint density at radius 3 is 0.889 bits per heavy atom. The van der Waals surface area contributed by atoms with E-state index in [1.807, 2.05) is 97.1 Å². The average molecular weight is 733 g/mol. The summed E-state index contributed by atoms with van der Waals surface area (Å²) < 4.78 is 31.1. The third-order valence-corrected chi connectivity index (χ3v) is 17.4. The van der Waals surface area contributed by atoms with Crippen molar-refractivity contribution in [3.05, 3.63) is 218 Å². The van der Waals surface area contributed by atoms with Gasteiger partial charge in [-0.2, -0.15) is 20.7 Å². The molecule has 8 aromatic carbocycles. The molecule has 1 aliphatic heterocycles. The molecular formula is C48H36N2O2SSi-. The number of nitrogens with zero attached hydrogens (tertiary/aromatic N) is 2. The van der Waals surface area contributed by atoms with Crippen molar-refractivity contribution in [2.75, 3.05) is 9.80 Å². The zero-order valence-corrected chi connectivity index (χ0v) is 31.2. The summed E-state index contributed by atoms with van der Waals surface area (Å²) in [5.74, 6) is 0. The van der Waals surface area contributed by atoms with Crippen molar-refractivity contribution in [2.24, 2.45) is 0 Å². The molecule has 261 valence electrons. The molecular weight excluding hydrogens is 697 g/mol. The second-order valence-electron chi connectivity index (χ2n) is 13.4. The first-order valence-corrected chi connectivity index (χ1v) is 21.5. The van der Waals surface area contributed by atoms with E-state index in [0.717, 1.165) is 54.9 Å². The molecule has 6 heteroatoms. The third-order valence-electron chi connectivity index (χ3n) is 10.3. The topological polar surface area (TPSA) is 40.6 Å². The van der Waals surface area contributed by atoms with Crippen molar-refractivity contribution in [2.45, 2.75) is 9.79 Å². The molecule has 0 atom stereocenters. The van der Waals surface area contributed by atoms with Crippen molar-refractivity contribution in [1.82, 2.24) is 0 Å². The van der Waals surface area contributed by atoms with E-state index in [0.29, 0.717) is 9.79 Å². The Morgan fingerprint density at radius 1 is 0.315 bits per heavy atom. The van der Waals surface area contributed by atoms with Gasteiger partial charge >= 0.3 is 0 Å². The molecule has 0 saturated carbocycles.